The molecule has 2 saturated carbocycles. The van der Waals surface area contributed by atoms with Gasteiger partial charge in [0.05, 0.1) is 0 Å². The topological polar surface area (TPSA) is 17.1 Å². The van der Waals surface area contributed by atoms with Gasteiger partial charge in [0.2, 0.25) is 0 Å². The lowest BCUT2D eigenvalue weighted by Crippen LogP contribution is -2.09. The van der Waals surface area contributed by atoms with Gasteiger partial charge >= 0.3 is 0 Å². The van der Waals surface area contributed by atoms with Crippen LogP contribution in [0.4, 0.5) is 0 Å². The molecular weight excluding hydrogens is 136 g/mol. The summed E-state index contributed by atoms with van der Waals surface area (Å²) in [6, 6.07) is 0. The van der Waals surface area contributed by atoms with Crippen LogP contribution in [-0.4, -0.2) is 6.29 Å². The van der Waals surface area contributed by atoms with E-state index in [1.165, 1.54) is 44.8 Å². The highest BCUT2D eigenvalue weighted by molar-refractivity contribution is 5.58. The van der Waals surface area contributed by atoms with Gasteiger partial charge in [0.1, 0.15) is 6.29 Å². The van der Waals surface area contributed by atoms with Crippen LogP contribution in [0, 0.1) is 17.8 Å². The summed E-state index contributed by atoms with van der Waals surface area (Å²) < 4.78 is 0. The summed E-state index contributed by atoms with van der Waals surface area (Å²) in [5, 5.41) is 0. The molecule has 62 valence electrons. The minimum Gasteiger partial charge on any atom is -0.303 e. The lowest BCUT2D eigenvalue weighted by Gasteiger charge is -2.20. The van der Waals surface area contributed by atoms with E-state index < -0.39 is 0 Å². The van der Waals surface area contributed by atoms with Gasteiger partial charge in [-0.1, -0.05) is 32.1 Å². The van der Waals surface area contributed by atoms with Crippen LogP contribution in [0.15, 0.2) is 0 Å². The third-order valence-corrected chi connectivity index (χ3v) is 3.32. The Hall–Kier alpha value is -0.330. The zero-order valence-corrected chi connectivity index (χ0v) is 6.96. The van der Waals surface area contributed by atoms with E-state index in [-0.39, 0.29) is 0 Å². The fourth-order valence-electron chi connectivity index (χ4n) is 2.50. The van der Waals surface area contributed by atoms with E-state index in [0.717, 1.165) is 11.8 Å². The first-order valence-corrected chi connectivity index (χ1v) is 4.87. The van der Waals surface area contributed by atoms with Crippen molar-refractivity contribution in [1.82, 2.24) is 0 Å². The van der Waals surface area contributed by atoms with E-state index in [1.807, 2.05) is 0 Å². The van der Waals surface area contributed by atoms with Crippen molar-refractivity contribution in [1.29, 1.82) is 0 Å². The van der Waals surface area contributed by atoms with Crippen molar-refractivity contribution >= 4 is 6.29 Å². The van der Waals surface area contributed by atoms with Crippen LogP contribution in [0.5, 0.6) is 0 Å². The quantitative estimate of drug-likeness (QED) is 0.555. The molecule has 1 nitrogen and oxygen atoms in total. The second-order valence-electron chi connectivity index (χ2n) is 4.10. The minimum absolute atomic E-state index is 0.457. The molecule has 0 spiro atoms. The molecule has 0 aromatic heterocycles. The third kappa shape index (κ3) is 1.47. The second kappa shape index (κ2) is 2.96. The van der Waals surface area contributed by atoms with Crippen LogP contribution in [-0.2, 0) is 4.79 Å². The Morgan fingerprint density at radius 1 is 1.09 bits per heavy atom. The molecule has 11 heavy (non-hydrogen) atoms. The maximum absolute atomic E-state index is 10.4. The lowest BCUT2D eigenvalue weighted by atomic mass is 9.85. The fourth-order valence-corrected chi connectivity index (χ4v) is 2.50. The first-order chi connectivity index (χ1) is 5.42. The van der Waals surface area contributed by atoms with Gasteiger partial charge < -0.3 is 4.79 Å². The Morgan fingerprint density at radius 2 is 1.82 bits per heavy atom. The van der Waals surface area contributed by atoms with Gasteiger partial charge in [-0.25, -0.2) is 0 Å². The Bertz CT molecular complexity index is 147. The normalized spacial score (nSPS) is 38.5. The SMILES string of the molecule is O=C[C@@H]1C[C@H]1C1CCCCC1. The number of carbonyl (C=O) groups is 1. The third-order valence-electron chi connectivity index (χ3n) is 3.32. The standard InChI is InChI=1S/C10H16O/c11-7-9-6-10(9)8-4-2-1-3-5-8/h7-10H,1-6H2/t9-,10-/m0/s1. The maximum Gasteiger partial charge on any atom is 0.123 e. The fraction of sp³-hybridized carbons (Fsp3) is 0.900. The summed E-state index contributed by atoms with van der Waals surface area (Å²) >= 11 is 0. The van der Waals surface area contributed by atoms with Crippen molar-refractivity contribution in [2.75, 3.05) is 0 Å². The molecule has 2 atom stereocenters. The smallest absolute Gasteiger partial charge is 0.123 e. The summed E-state index contributed by atoms with van der Waals surface area (Å²) in [5.41, 5.74) is 0. The van der Waals surface area contributed by atoms with Crippen LogP contribution >= 0.6 is 0 Å². The molecule has 0 aromatic carbocycles. The molecular formula is C10H16O. The number of hydrogen-bond acceptors (Lipinski definition) is 1. The first kappa shape index (κ1) is 7.33. The Labute approximate surface area is 68.2 Å². The predicted molar refractivity (Wildman–Crippen MR) is 44.2 cm³/mol. The average Bonchev–Trinajstić information content (AvgIpc) is 2.85. The predicted octanol–water partition coefficient (Wildman–Crippen LogP) is 2.40. The molecule has 0 N–H and O–H groups in total. The highest BCUT2D eigenvalue weighted by atomic mass is 16.1. The van der Waals surface area contributed by atoms with Crippen LogP contribution in [0.25, 0.3) is 0 Å². The van der Waals surface area contributed by atoms with Crippen molar-refractivity contribution in [3.8, 4) is 0 Å². The zero-order valence-electron chi connectivity index (χ0n) is 6.96. The molecule has 0 radical (unpaired) electrons. The van der Waals surface area contributed by atoms with Crippen molar-refractivity contribution in [3.63, 3.8) is 0 Å². The Morgan fingerprint density at radius 3 is 2.36 bits per heavy atom. The molecule has 0 saturated heterocycles. The summed E-state index contributed by atoms with van der Waals surface area (Å²) in [4.78, 5) is 10.4. The zero-order chi connectivity index (χ0) is 7.68. The van der Waals surface area contributed by atoms with E-state index in [1.54, 1.807) is 0 Å². The molecule has 0 bridgehead atoms. The summed E-state index contributed by atoms with van der Waals surface area (Å²) in [6.07, 6.45) is 9.41. The van der Waals surface area contributed by atoms with Gasteiger partial charge in [-0.05, 0) is 18.3 Å². The molecule has 0 aliphatic heterocycles. The van der Waals surface area contributed by atoms with E-state index in [4.69, 9.17) is 0 Å². The molecule has 0 heterocycles. The Kier molecular flexibility index (Phi) is 1.97. The van der Waals surface area contributed by atoms with E-state index in [9.17, 15) is 4.79 Å². The number of hydrogen-bond donors (Lipinski definition) is 0. The summed E-state index contributed by atoms with van der Waals surface area (Å²) in [5.74, 6) is 2.17. The van der Waals surface area contributed by atoms with Crippen molar-refractivity contribution < 1.29 is 4.79 Å². The van der Waals surface area contributed by atoms with Crippen LogP contribution in [0.2, 0.25) is 0 Å². The molecule has 0 amide bonds. The molecule has 2 fully saturated rings. The molecule has 1 heteroatoms. The van der Waals surface area contributed by atoms with Gasteiger partial charge in [-0.3, -0.25) is 0 Å². The highest BCUT2D eigenvalue weighted by Crippen LogP contribution is 2.47. The van der Waals surface area contributed by atoms with Gasteiger partial charge in [-0.15, -0.1) is 0 Å². The Balaban J connectivity index is 1.81. The maximum atomic E-state index is 10.4. The molecule has 0 unspecified atom stereocenters. The largest absolute Gasteiger partial charge is 0.303 e. The average molecular weight is 152 g/mol. The minimum atomic E-state index is 0.457. The highest BCUT2D eigenvalue weighted by Gasteiger charge is 2.42. The van der Waals surface area contributed by atoms with Crippen LogP contribution in [0.1, 0.15) is 38.5 Å². The second-order valence-corrected chi connectivity index (χ2v) is 4.10. The van der Waals surface area contributed by atoms with E-state index >= 15 is 0 Å². The molecule has 0 aromatic rings. The first-order valence-electron chi connectivity index (χ1n) is 4.87. The molecule has 2 rings (SSSR count). The molecule has 2 aliphatic carbocycles. The lowest BCUT2D eigenvalue weighted by molar-refractivity contribution is -0.109. The molecule has 2 aliphatic rings. The number of aldehydes is 1. The van der Waals surface area contributed by atoms with E-state index in [2.05, 4.69) is 0 Å². The summed E-state index contributed by atoms with van der Waals surface area (Å²) in [6.45, 7) is 0. The van der Waals surface area contributed by atoms with Crippen LogP contribution in [0.3, 0.4) is 0 Å². The van der Waals surface area contributed by atoms with Gasteiger partial charge in [0.25, 0.3) is 0 Å². The monoisotopic (exact) mass is 152 g/mol. The van der Waals surface area contributed by atoms with Gasteiger partial charge in [0.15, 0.2) is 0 Å². The van der Waals surface area contributed by atoms with Gasteiger partial charge in [-0.2, -0.15) is 0 Å². The van der Waals surface area contributed by atoms with Gasteiger partial charge in [0, 0.05) is 5.92 Å². The van der Waals surface area contributed by atoms with Crippen LogP contribution < -0.4 is 0 Å². The summed E-state index contributed by atoms with van der Waals surface area (Å²) in [7, 11) is 0. The van der Waals surface area contributed by atoms with Crippen molar-refractivity contribution in [2.45, 2.75) is 38.5 Å². The van der Waals surface area contributed by atoms with Crippen molar-refractivity contribution in [2.24, 2.45) is 17.8 Å². The number of carbonyl (C=O) groups excluding carboxylic acids is 1. The van der Waals surface area contributed by atoms with Crippen molar-refractivity contribution in [3.05, 3.63) is 0 Å². The van der Waals surface area contributed by atoms with E-state index in [0.29, 0.717) is 5.92 Å². The number of rotatable bonds is 2.